The number of halogens is 1. The van der Waals surface area contributed by atoms with Gasteiger partial charge in [0.1, 0.15) is 0 Å². The number of carbonyl (C=O) groups excluding carboxylic acids is 1. The van der Waals surface area contributed by atoms with Gasteiger partial charge in [0.15, 0.2) is 0 Å². The summed E-state index contributed by atoms with van der Waals surface area (Å²) in [6, 6.07) is 15.5. The number of rotatable bonds is 6. The van der Waals surface area contributed by atoms with Crippen molar-refractivity contribution >= 4 is 35.5 Å². The third-order valence-electron chi connectivity index (χ3n) is 2.86. The summed E-state index contributed by atoms with van der Waals surface area (Å²) in [6.07, 6.45) is 2.07. The molecule has 1 amide bonds. The molecular formula is C17H17ClN2OS. The number of nitrogens with one attached hydrogen (secondary N) is 1. The van der Waals surface area contributed by atoms with Crippen LogP contribution in [0.1, 0.15) is 17.5 Å². The molecule has 0 aliphatic rings. The molecule has 0 radical (unpaired) electrons. The van der Waals surface area contributed by atoms with Crippen molar-refractivity contribution < 1.29 is 4.79 Å². The van der Waals surface area contributed by atoms with Gasteiger partial charge < -0.3 is 0 Å². The van der Waals surface area contributed by atoms with Gasteiger partial charge >= 0.3 is 0 Å². The van der Waals surface area contributed by atoms with E-state index in [0.717, 1.165) is 16.0 Å². The molecule has 0 unspecified atom stereocenters. The molecule has 0 aliphatic heterocycles. The number of thioether (sulfide) groups is 1. The SMILES string of the molecule is Cc1cccc(/C=N/NC(=O)CCSc2ccc(Cl)cc2)c1. The van der Waals surface area contributed by atoms with E-state index in [-0.39, 0.29) is 5.91 Å². The zero-order valence-corrected chi connectivity index (χ0v) is 13.8. The first-order valence-electron chi connectivity index (χ1n) is 6.90. The lowest BCUT2D eigenvalue weighted by molar-refractivity contribution is -0.120. The van der Waals surface area contributed by atoms with E-state index in [1.54, 1.807) is 18.0 Å². The molecule has 114 valence electrons. The van der Waals surface area contributed by atoms with Crippen molar-refractivity contribution in [3.8, 4) is 0 Å². The standard InChI is InChI=1S/C17H17ClN2OS/c1-13-3-2-4-14(11-13)12-19-20-17(21)9-10-22-16-7-5-15(18)6-8-16/h2-8,11-12H,9-10H2,1H3,(H,20,21)/b19-12+. The van der Waals surface area contributed by atoms with Crippen molar-refractivity contribution in [1.82, 2.24) is 5.43 Å². The smallest absolute Gasteiger partial charge is 0.240 e. The van der Waals surface area contributed by atoms with E-state index in [0.29, 0.717) is 17.2 Å². The zero-order chi connectivity index (χ0) is 15.8. The van der Waals surface area contributed by atoms with Gasteiger partial charge in [-0.25, -0.2) is 5.43 Å². The summed E-state index contributed by atoms with van der Waals surface area (Å²) in [5, 5.41) is 4.68. The van der Waals surface area contributed by atoms with Crippen molar-refractivity contribution in [3.63, 3.8) is 0 Å². The minimum absolute atomic E-state index is 0.0923. The lowest BCUT2D eigenvalue weighted by Gasteiger charge is -2.01. The third kappa shape index (κ3) is 5.92. The average molecular weight is 333 g/mol. The summed E-state index contributed by atoms with van der Waals surface area (Å²) < 4.78 is 0. The van der Waals surface area contributed by atoms with Gasteiger partial charge in [-0.3, -0.25) is 4.79 Å². The quantitative estimate of drug-likeness (QED) is 0.487. The second-order valence-corrected chi connectivity index (χ2v) is 6.36. The van der Waals surface area contributed by atoms with Gasteiger partial charge in [-0.05, 0) is 36.8 Å². The Morgan fingerprint density at radius 1 is 1.27 bits per heavy atom. The first-order chi connectivity index (χ1) is 10.6. The Hall–Kier alpha value is -1.78. The van der Waals surface area contributed by atoms with Gasteiger partial charge in [0.2, 0.25) is 5.91 Å². The molecule has 0 aromatic heterocycles. The van der Waals surface area contributed by atoms with E-state index in [1.165, 1.54) is 0 Å². The minimum atomic E-state index is -0.0923. The van der Waals surface area contributed by atoms with E-state index >= 15 is 0 Å². The lowest BCUT2D eigenvalue weighted by atomic mass is 10.2. The Morgan fingerprint density at radius 2 is 2.05 bits per heavy atom. The van der Waals surface area contributed by atoms with E-state index in [2.05, 4.69) is 10.5 Å². The van der Waals surface area contributed by atoms with Crippen molar-refractivity contribution in [3.05, 3.63) is 64.7 Å². The van der Waals surface area contributed by atoms with Crippen molar-refractivity contribution in [2.45, 2.75) is 18.2 Å². The number of hydrogen-bond donors (Lipinski definition) is 1. The summed E-state index contributed by atoms with van der Waals surface area (Å²) in [6.45, 7) is 2.02. The van der Waals surface area contributed by atoms with Crippen LogP contribution in [-0.2, 0) is 4.79 Å². The van der Waals surface area contributed by atoms with Gasteiger partial charge in [-0.15, -0.1) is 11.8 Å². The highest BCUT2D eigenvalue weighted by atomic mass is 35.5. The third-order valence-corrected chi connectivity index (χ3v) is 4.12. The van der Waals surface area contributed by atoms with Crippen molar-refractivity contribution in [2.75, 3.05) is 5.75 Å². The topological polar surface area (TPSA) is 41.5 Å². The molecule has 1 N–H and O–H groups in total. The highest BCUT2D eigenvalue weighted by molar-refractivity contribution is 7.99. The fourth-order valence-electron chi connectivity index (χ4n) is 1.78. The lowest BCUT2D eigenvalue weighted by Crippen LogP contribution is -2.17. The maximum Gasteiger partial charge on any atom is 0.240 e. The van der Waals surface area contributed by atoms with Crippen molar-refractivity contribution in [1.29, 1.82) is 0 Å². The summed E-state index contributed by atoms with van der Waals surface area (Å²) in [4.78, 5) is 12.8. The summed E-state index contributed by atoms with van der Waals surface area (Å²) in [7, 11) is 0. The number of nitrogens with zero attached hydrogens (tertiary/aromatic N) is 1. The van der Waals surface area contributed by atoms with Crippen LogP contribution in [-0.4, -0.2) is 17.9 Å². The molecule has 0 atom stereocenters. The minimum Gasteiger partial charge on any atom is -0.273 e. The number of benzene rings is 2. The van der Waals surface area contributed by atoms with Crippen molar-refractivity contribution in [2.24, 2.45) is 5.10 Å². The van der Waals surface area contributed by atoms with Crippen LogP contribution in [0.5, 0.6) is 0 Å². The van der Waals surface area contributed by atoms with E-state index in [4.69, 9.17) is 11.6 Å². The van der Waals surface area contributed by atoms with Crippen LogP contribution in [0.25, 0.3) is 0 Å². The first-order valence-corrected chi connectivity index (χ1v) is 8.27. The van der Waals surface area contributed by atoms with E-state index < -0.39 is 0 Å². The largest absolute Gasteiger partial charge is 0.273 e. The second-order valence-electron chi connectivity index (χ2n) is 4.76. The molecule has 0 saturated heterocycles. The molecule has 0 bridgehead atoms. The van der Waals surface area contributed by atoms with Gasteiger partial charge in [0, 0.05) is 22.1 Å². The highest BCUT2D eigenvalue weighted by Gasteiger charge is 2.01. The first kappa shape index (κ1) is 16.6. The number of hydrazone groups is 1. The molecule has 5 heteroatoms. The highest BCUT2D eigenvalue weighted by Crippen LogP contribution is 2.20. The summed E-state index contributed by atoms with van der Waals surface area (Å²) in [5.41, 5.74) is 4.67. The van der Waals surface area contributed by atoms with Crippen LogP contribution in [0.2, 0.25) is 5.02 Å². The van der Waals surface area contributed by atoms with Crippen LogP contribution in [0.4, 0.5) is 0 Å². The van der Waals surface area contributed by atoms with Crippen LogP contribution >= 0.6 is 23.4 Å². The Balaban J connectivity index is 1.70. The fourth-order valence-corrected chi connectivity index (χ4v) is 2.76. The fraction of sp³-hybridized carbons (Fsp3) is 0.176. The Kier molecular flexibility index (Phi) is 6.49. The van der Waals surface area contributed by atoms with Crippen LogP contribution in [0, 0.1) is 6.92 Å². The van der Waals surface area contributed by atoms with Gasteiger partial charge in [-0.1, -0.05) is 41.4 Å². The molecule has 0 saturated carbocycles. The van der Waals surface area contributed by atoms with Crippen LogP contribution in [0.15, 0.2) is 58.5 Å². The number of amides is 1. The second kappa shape index (κ2) is 8.61. The predicted octanol–water partition coefficient (Wildman–Crippen LogP) is 4.28. The average Bonchev–Trinajstić information content (AvgIpc) is 2.49. The molecule has 0 aliphatic carbocycles. The van der Waals surface area contributed by atoms with E-state index in [9.17, 15) is 4.79 Å². The molecular weight excluding hydrogens is 316 g/mol. The number of hydrogen-bond acceptors (Lipinski definition) is 3. The summed E-state index contributed by atoms with van der Waals surface area (Å²) >= 11 is 7.44. The molecule has 3 nitrogen and oxygen atoms in total. The molecule has 2 rings (SSSR count). The molecule has 2 aromatic carbocycles. The Morgan fingerprint density at radius 3 is 2.77 bits per heavy atom. The molecule has 22 heavy (non-hydrogen) atoms. The molecule has 0 heterocycles. The van der Waals surface area contributed by atoms with Crippen LogP contribution in [0.3, 0.4) is 0 Å². The van der Waals surface area contributed by atoms with Gasteiger partial charge in [-0.2, -0.15) is 5.10 Å². The molecule has 0 spiro atoms. The zero-order valence-electron chi connectivity index (χ0n) is 12.3. The maximum absolute atomic E-state index is 11.7. The van der Waals surface area contributed by atoms with Gasteiger partial charge in [0.25, 0.3) is 0 Å². The molecule has 0 fully saturated rings. The summed E-state index contributed by atoms with van der Waals surface area (Å²) in [5.74, 6) is 0.610. The Bertz CT molecular complexity index is 656. The predicted molar refractivity (Wildman–Crippen MR) is 93.7 cm³/mol. The van der Waals surface area contributed by atoms with Gasteiger partial charge in [0.05, 0.1) is 6.21 Å². The number of carbonyl (C=O) groups is 1. The normalized spacial score (nSPS) is 10.8. The number of aryl methyl sites for hydroxylation is 1. The van der Waals surface area contributed by atoms with E-state index in [1.807, 2.05) is 55.5 Å². The molecule has 2 aromatic rings. The van der Waals surface area contributed by atoms with Crippen LogP contribution < -0.4 is 5.43 Å². The Labute approximate surface area is 139 Å². The maximum atomic E-state index is 11.7. The monoisotopic (exact) mass is 332 g/mol.